The van der Waals surface area contributed by atoms with E-state index in [0.717, 1.165) is 36.2 Å². The Hall–Kier alpha value is -2.27. The summed E-state index contributed by atoms with van der Waals surface area (Å²) in [7, 11) is 0. The Balaban J connectivity index is 1.73. The van der Waals surface area contributed by atoms with Crippen molar-refractivity contribution in [2.75, 3.05) is 17.2 Å². The van der Waals surface area contributed by atoms with Crippen LogP contribution in [0.25, 0.3) is 10.9 Å². The van der Waals surface area contributed by atoms with Crippen LogP contribution < -0.4 is 10.6 Å². The van der Waals surface area contributed by atoms with E-state index in [1.165, 1.54) is 16.6 Å². The predicted octanol–water partition coefficient (Wildman–Crippen LogP) is 3.00. The number of benzene rings is 1. The molecule has 5 nitrogen and oxygen atoms in total. The summed E-state index contributed by atoms with van der Waals surface area (Å²) in [6, 6.07) is 10.2. The number of nitrogens with zero attached hydrogens (tertiary/aromatic N) is 4. The fourth-order valence-corrected chi connectivity index (χ4v) is 3.27. The van der Waals surface area contributed by atoms with Crippen LogP contribution in [0, 0.1) is 6.92 Å². The third-order valence-corrected chi connectivity index (χ3v) is 4.32. The van der Waals surface area contributed by atoms with Crippen molar-refractivity contribution in [3.63, 3.8) is 0 Å². The van der Waals surface area contributed by atoms with Gasteiger partial charge in [0, 0.05) is 46.5 Å². The smallest absolute Gasteiger partial charge is 0.222 e. The van der Waals surface area contributed by atoms with Crippen LogP contribution in [0.5, 0.6) is 0 Å². The standard InChI is InChI=1S/C16H16ClN5/c1-10-6-15(20-16(18)19-10)21-4-5-22-13(9-21)7-11-2-3-12(17)8-14(11)22/h2-3,6-8H,4-5,9H2,1H3,(H2,18,19,20). The predicted molar refractivity (Wildman–Crippen MR) is 89.2 cm³/mol. The van der Waals surface area contributed by atoms with E-state index >= 15 is 0 Å². The summed E-state index contributed by atoms with van der Waals surface area (Å²) in [6.07, 6.45) is 0. The van der Waals surface area contributed by atoms with Gasteiger partial charge in [0.05, 0.1) is 6.54 Å². The first-order valence-electron chi connectivity index (χ1n) is 7.24. The van der Waals surface area contributed by atoms with E-state index in [1.54, 1.807) is 0 Å². The van der Waals surface area contributed by atoms with Gasteiger partial charge in [0.25, 0.3) is 0 Å². The van der Waals surface area contributed by atoms with E-state index < -0.39 is 0 Å². The number of aromatic nitrogens is 3. The van der Waals surface area contributed by atoms with Crippen molar-refractivity contribution in [2.24, 2.45) is 0 Å². The van der Waals surface area contributed by atoms with E-state index in [1.807, 2.05) is 25.1 Å². The molecule has 0 aliphatic carbocycles. The summed E-state index contributed by atoms with van der Waals surface area (Å²) in [5.41, 5.74) is 9.12. The fourth-order valence-electron chi connectivity index (χ4n) is 3.11. The molecule has 6 heteroatoms. The third-order valence-electron chi connectivity index (χ3n) is 4.08. The van der Waals surface area contributed by atoms with E-state index in [4.69, 9.17) is 17.3 Å². The Kier molecular flexibility index (Phi) is 2.97. The summed E-state index contributed by atoms with van der Waals surface area (Å²) in [4.78, 5) is 10.7. The first-order chi connectivity index (χ1) is 10.6. The summed E-state index contributed by atoms with van der Waals surface area (Å²) in [5.74, 6) is 1.22. The second kappa shape index (κ2) is 4.88. The molecule has 0 saturated carbocycles. The number of halogens is 1. The van der Waals surface area contributed by atoms with Crippen molar-refractivity contribution in [3.05, 3.63) is 46.7 Å². The van der Waals surface area contributed by atoms with Gasteiger partial charge < -0.3 is 15.2 Å². The molecule has 0 atom stereocenters. The molecule has 0 amide bonds. The van der Waals surface area contributed by atoms with Gasteiger partial charge in [-0.1, -0.05) is 17.7 Å². The average Bonchev–Trinajstić information content (AvgIpc) is 2.83. The van der Waals surface area contributed by atoms with Crippen LogP contribution in [0.2, 0.25) is 5.02 Å². The molecule has 112 valence electrons. The van der Waals surface area contributed by atoms with Crippen molar-refractivity contribution >= 4 is 34.3 Å². The zero-order valence-corrected chi connectivity index (χ0v) is 13.0. The summed E-state index contributed by atoms with van der Waals surface area (Å²) in [6.45, 7) is 4.54. The van der Waals surface area contributed by atoms with Gasteiger partial charge in [-0.3, -0.25) is 0 Å². The molecule has 3 heterocycles. The van der Waals surface area contributed by atoms with E-state index in [-0.39, 0.29) is 0 Å². The Morgan fingerprint density at radius 3 is 2.82 bits per heavy atom. The lowest BCUT2D eigenvalue weighted by Gasteiger charge is -2.30. The molecule has 0 saturated heterocycles. The number of aryl methyl sites for hydroxylation is 1. The minimum atomic E-state index is 0.327. The van der Waals surface area contributed by atoms with Crippen LogP contribution in [-0.2, 0) is 13.1 Å². The van der Waals surface area contributed by atoms with Gasteiger partial charge in [0.1, 0.15) is 5.82 Å². The second-order valence-electron chi connectivity index (χ2n) is 5.64. The first-order valence-corrected chi connectivity index (χ1v) is 7.62. The zero-order valence-electron chi connectivity index (χ0n) is 12.3. The van der Waals surface area contributed by atoms with Gasteiger partial charge in [-0.15, -0.1) is 0 Å². The Bertz CT molecular complexity index is 850. The molecule has 0 fully saturated rings. The molecule has 0 spiro atoms. The molecule has 1 aliphatic heterocycles. The Morgan fingerprint density at radius 2 is 2.00 bits per heavy atom. The van der Waals surface area contributed by atoms with Crippen LogP contribution in [0.3, 0.4) is 0 Å². The van der Waals surface area contributed by atoms with Crippen LogP contribution in [-0.4, -0.2) is 21.1 Å². The fraction of sp³-hybridized carbons (Fsp3) is 0.250. The zero-order chi connectivity index (χ0) is 15.3. The van der Waals surface area contributed by atoms with Crippen molar-refractivity contribution in [1.82, 2.24) is 14.5 Å². The number of anilines is 2. The van der Waals surface area contributed by atoms with Crippen LogP contribution in [0.1, 0.15) is 11.4 Å². The van der Waals surface area contributed by atoms with Crippen molar-refractivity contribution in [2.45, 2.75) is 20.0 Å². The van der Waals surface area contributed by atoms with E-state index in [0.29, 0.717) is 5.95 Å². The minimum absolute atomic E-state index is 0.327. The highest BCUT2D eigenvalue weighted by Crippen LogP contribution is 2.28. The average molecular weight is 314 g/mol. The number of nitrogens with two attached hydrogens (primary N) is 1. The van der Waals surface area contributed by atoms with Crippen LogP contribution >= 0.6 is 11.6 Å². The number of fused-ring (bicyclic) bond motifs is 3. The van der Waals surface area contributed by atoms with Crippen LogP contribution in [0.4, 0.5) is 11.8 Å². The lowest BCUT2D eigenvalue weighted by atomic mass is 10.2. The summed E-state index contributed by atoms with van der Waals surface area (Å²) in [5, 5.41) is 2.00. The number of hydrogen-bond acceptors (Lipinski definition) is 4. The third kappa shape index (κ3) is 2.18. The maximum absolute atomic E-state index is 6.12. The SMILES string of the molecule is Cc1cc(N2CCn3c(cc4ccc(Cl)cc43)C2)nc(N)n1. The van der Waals surface area contributed by atoms with E-state index in [2.05, 4.69) is 31.6 Å². The van der Waals surface area contributed by atoms with Gasteiger partial charge >= 0.3 is 0 Å². The second-order valence-corrected chi connectivity index (χ2v) is 6.07. The highest BCUT2D eigenvalue weighted by atomic mass is 35.5. The monoisotopic (exact) mass is 313 g/mol. The van der Waals surface area contributed by atoms with Crippen molar-refractivity contribution < 1.29 is 0 Å². The van der Waals surface area contributed by atoms with Crippen molar-refractivity contribution in [1.29, 1.82) is 0 Å². The highest BCUT2D eigenvalue weighted by Gasteiger charge is 2.20. The molecule has 4 rings (SSSR count). The molecule has 2 N–H and O–H groups in total. The van der Waals surface area contributed by atoms with Gasteiger partial charge in [-0.25, -0.2) is 4.98 Å². The molecule has 0 radical (unpaired) electrons. The first kappa shape index (κ1) is 13.4. The van der Waals surface area contributed by atoms with Gasteiger partial charge in [-0.2, -0.15) is 4.98 Å². The van der Waals surface area contributed by atoms with E-state index in [9.17, 15) is 0 Å². The normalized spacial score (nSPS) is 14.4. The molecule has 1 aliphatic rings. The van der Waals surface area contributed by atoms with Gasteiger partial charge in [0.15, 0.2) is 0 Å². The number of nitrogen functional groups attached to an aromatic ring is 1. The Morgan fingerprint density at radius 1 is 1.14 bits per heavy atom. The molecule has 1 aromatic carbocycles. The van der Waals surface area contributed by atoms with Crippen molar-refractivity contribution in [3.8, 4) is 0 Å². The quantitative estimate of drug-likeness (QED) is 0.750. The maximum Gasteiger partial charge on any atom is 0.222 e. The molecule has 22 heavy (non-hydrogen) atoms. The van der Waals surface area contributed by atoms with Gasteiger partial charge in [0.2, 0.25) is 5.95 Å². The molecule has 2 aromatic heterocycles. The van der Waals surface area contributed by atoms with Crippen LogP contribution in [0.15, 0.2) is 30.3 Å². The number of hydrogen-bond donors (Lipinski definition) is 1. The maximum atomic E-state index is 6.12. The topological polar surface area (TPSA) is 60.0 Å². The number of rotatable bonds is 1. The highest BCUT2D eigenvalue weighted by molar-refractivity contribution is 6.31. The molecule has 3 aromatic rings. The minimum Gasteiger partial charge on any atom is -0.368 e. The molecular weight excluding hydrogens is 298 g/mol. The largest absolute Gasteiger partial charge is 0.368 e. The molecule has 0 bridgehead atoms. The lowest BCUT2D eigenvalue weighted by molar-refractivity contribution is 0.580. The summed E-state index contributed by atoms with van der Waals surface area (Å²) < 4.78 is 2.33. The van der Waals surface area contributed by atoms with Gasteiger partial charge in [-0.05, 0) is 25.1 Å². The molecular formula is C16H16ClN5. The lowest BCUT2D eigenvalue weighted by Crippen LogP contribution is -2.34. The Labute approximate surface area is 133 Å². The molecule has 0 unspecified atom stereocenters. The summed E-state index contributed by atoms with van der Waals surface area (Å²) >= 11 is 6.12.